The number of methoxy groups -OCH3 is 1. The van der Waals surface area contributed by atoms with Crippen molar-refractivity contribution in [3.8, 4) is 17.6 Å². The van der Waals surface area contributed by atoms with E-state index in [0.29, 0.717) is 14.8 Å². The van der Waals surface area contributed by atoms with E-state index in [1.54, 1.807) is 19.2 Å². The Morgan fingerprint density at radius 3 is 2.74 bits per heavy atom. The number of ether oxygens (including phenoxy) is 2. The van der Waals surface area contributed by atoms with Crippen molar-refractivity contribution >= 4 is 23.5 Å². The normalized spacial score (nSPS) is 12.5. The van der Waals surface area contributed by atoms with Crippen LogP contribution in [0, 0.1) is 11.3 Å². The molecule has 23 heavy (non-hydrogen) atoms. The van der Waals surface area contributed by atoms with Gasteiger partial charge in [-0.3, -0.25) is 4.79 Å². The molecule has 1 heterocycles. The number of benzene rings is 1. The van der Waals surface area contributed by atoms with Crippen LogP contribution in [0.5, 0.6) is 11.5 Å². The number of nitriles is 1. The minimum absolute atomic E-state index is 0.117. The second-order valence-electron chi connectivity index (χ2n) is 4.38. The maximum Gasteiger partial charge on any atom is 0.387 e. The van der Waals surface area contributed by atoms with E-state index in [4.69, 9.17) is 10.00 Å². The zero-order valence-electron chi connectivity index (χ0n) is 12.2. The minimum Gasteiger partial charge on any atom is -0.493 e. The van der Waals surface area contributed by atoms with Crippen LogP contribution in [0.1, 0.15) is 5.56 Å². The molecule has 120 valence electrons. The van der Waals surface area contributed by atoms with Crippen molar-refractivity contribution in [2.45, 2.75) is 6.61 Å². The first-order chi connectivity index (χ1) is 11.0. The summed E-state index contributed by atoms with van der Waals surface area (Å²) in [5, 5.41) is 8.69. The van der Waals surface area contributed by atoms with E-state index in [1.165, 1.54) is 29.9 Å². The van der Waals surface area contributed by atoms with Gasteiger partial charge in [-0.15, -0.1) is 11.3 Å². The topological polar surface area (TPSA) is 64.2 Å². The molecule has 0 bridgehead atoms. The first-order valence-corrected chi connectivity index (χ1v) is 7.18. The van der Waals surface area contributed by atoms with Crippen LogP contribution in [-0.2, 0) is 7.05 Å². The van der Waals surface area contributed by atoms with E-state index < -0.39 is 6.61 Å². The van der Waals surface area contributed by atoms with Gasteiger partial charge in [0.15, 0.2) is 11.5 Å². The first-order valence-electron chi connectivity index (χ1n) is 6.36. The average Bonchev–Trinajstić information content (AvgIpc) is 2.76. The number of nitrogens with zero attached hydrogens (tertiary/aromatic N) is 2. The summed E-state index contributed by atoms with van der Waals surface area (Å²) in [6.45, 7) is -2.98. The van der Waals surface area contributed by atoms with Crippen LogP contribution in [-0.4, -0.2) is 18.3 Å². The highest BCUT2D eigenvalue weighted by atomic mass is 32.1. The standard InChI is InChI=1S/C15H12F2N2O3S/c1-19-13(5-6-18)23-12(14(19)20)8-9-3-4-10(21-2)11(7-9)22-15(16)17/h3-5,7-8,15H,1-2H3/b12-8-,13-5-. The molecule has 0 fully saturated rings. The Kier molecular flexibility index (Phi) is 5.13. The summed E-state index contributed by atoms with van der Waals surface area (Å²) in [5.74, 6) is 0.0495. The molecule has 1 aromatic heterocycles. The van der Waals surface area contributed by atoms with E-state index in [9.17, 15) is 13.6 Å². The number of aromatic nitrogens is 1. The lowest BCUT2D eigenvalue weighted by molar-refractivity contribution is -0.0512. The van der Waals surface area contributed by atoms with Crippen LogP contribution >= 0.6 is 11.3 Å². The molecule has 0 atom stereocenters. The third-order valence-corrected chi connectivity index (χ3v) is 4.06. The van der Waals surface area contributed by atoms with Gasteiger partial charge in [0.1, 0.15) is 4.66 Å². The van der Waals surface area contributed by atoms with Gasteiger partial charge in [-0.25, -0.2) is 0 Å². The van der Waals surface area contributed by atoms with E-state index >= 15 is 0 Å². The Labute approximate surface area is 133 Å². The third kappa shape index (κ3) is 3.76. The van der Waals surface area contributed by atoms with Gasteiger partial charge >= 0.3 is 6.61 Å². The number of alkyl halides is 2. The predicted octanol–water partition coefficient (Wildman–Crippen LogP) is 1.19. The number of hydrogen-bond donors (Lipinski definition) is 0. The number of rotatable bonds is 4. The van der Waals surface area contributed by atoms with Gasteiger partial charge in [0, 0.05) is 13.1 Å². The molecule has 0 radical (unpaired) electrons. The van der Waals surface area contributed by atoms with Crippen LogP contribution in [0.25, 0.3) is 12.2 Å². The number of thiazole rings is 1. The number of hydrogen-bond acceptors (Lipinski definition) is 5. The van der Waals surface area contributed by atoms with Gasteiger partial charge in [-0.05, 0) is 23.8 Å². The molecule has 0 aliphatic carbocycles. The van der Waals surface area contributed by atoms with Gasteiger partial charge < -0.3 is 14.0 Å². The second-order valence-corrected chi connectivity index (χ2v) is 5.44. The summed E-state index contributed by atoms with van der Waals surface area (Å²) in [6.07, 6.45) is 2.81. The molecule has 0 spiro atoms. The molecule has 0 N–H and O–H groups in total. The van der Waals surface area contributed by atoms with Crippen molar-refractivity contribution in [1.82, 2.24) is 4.57 Å². The fourth-order valence-electron chi connectivity index (χ4n) is 1.89. The summed E-state index contributed by atoms with van der Waals surface area (Å²) >= 11 is 1.13. The lowest BCUT2D eigenvalue weighted by atomic mass is 10.2. The maximum atomic E-state index is 12.4. The van der Waals surface area contributed by atoms with Crippen LogP contribution in [0.15, 0.2) is 23.0 Å². The molecule has 0 unspecified atom stereocenters. The lowest BCUT2D eigenvalue weighted by Gasteiger charge is -2.10. The molecule has 2 aromatic rings. The molecular weight excluding hydrogens is 326 g/mol. The van der Waals surface area contributed by atoms with Crippen molar-refractivity contribution in [2.24, 2.45) is 7.05 Å². The molecule has 0 saturated carbocycles. The quantitative estimate of drug-likeness (QED) is 0.840. The number of halogens is 2. The van der Waals surface area contributed by atoms with Crippen LogP contribution < -0.4 is 24.2 Å². The van der Waals surface area contributed by atoms with E-state index in [1.807, 2.05) is 6.07 Å². The molecule has 0 aliphatic heterocycles. The molecule has 0 amide bonds. The molecule has 8 heteroatoms. The summed E-state index contributed by atoms with van der Waals surface area (Å²) in [4.78, 5) is 12.1. The highest BCUT2D eigenvalue weighted by molar-refractivity contribution is 7.07. The molecule has 1 aromatic carbocycles. The van der Waals surface area contributed by atoms with Gasteiger partial charge in [0.25, 0.3) is 5.56 Å². The molecule has 2 rings (SSSR count). The lowest BCUT2D eigenvalue weighted by Crippen LogP contribution is -2.28. The minimum atomic E-state index is -2.98. The van der Waals surface area contributed by atoms with Crippen LogP contribution in [0.4, 0.5) is 8.78 Å². The highest BCUT2D eigenvalue weighted by Crippen LogP contribution is 2.29. The highest BCUT2D eigenvalue weighted by Gasteiger charge is 2.11. The molecule has 0 aliphatic rings. The van der Waals surface area contributed by atoms with Crippen molar-refractivity contribution in [3.63, 3.8) is 0 Å². The van der Waals surface area contributed by atoms with Gasteiger partial charge in [0.05, 0.1) is 17.7 Å². The van der Waals surface area contributed by atoms with Crippen molar-refractivity contribution in [2.75, 3.05) is 7.11 Å². The van der Waals surface area contributed by atoms with E-state index in [-0.39, 0.29) is 17.1 Å². The van der Waals surface area contributed by atoms with Gasteiger partial charge in [-0.2, -0.15) is 14.0 Å². The zero-order valence-corrected chi connectivity index (χ0v) is 13.1. The van der Waals surface area contributed by atoms with E-state index in [0.717, 1.165) is 11.3 Å². The smallest absolute Gasteiger partial charge is 0.387 e. The summed E-state index contributed by atoms with van der Waals surface area (Å²) in [6, 6.07) is 6.32. The van der Waals surface area contributed by atoms with Crippen LogP contribution in [0.2, 0.25) is 0 Å². The van der Waals surface area contributed by atoms with Crippen molar-refractivity contribution < 1.29 is 18.3 Å². The Morgan fingerprint density at radius 1 is 1.39 bits per heavy atom. The molecular formula is C15H12F2N2O3S. The summed E-state index contributed by atoms with van der Waals surface area (Å²) in [5.41, 5.74) is 0.229. The van der Waals surface area contributed by atoms with Crippen LogP contribution in [0.3, 0.4) is 0 Å². The monoisotopic (exact) mass is 338 g/mol. The van der Waals surface area contributed by atoms with Gasteiger partial charge in [0.2, 0.25) is 0 Å². The fourth-order valence-corrected chi connectivity index (χ4v) is 2.86. The Bertz CT molecular complexity index is 926. The van der Waals surface area contributed by atoms with Crippen molar-refractivity contribution in [1.29, 1.82) is 5.26 Å². The molecule has 0 saturated heterocycles. The summed E-state index contributed by atoms with van der Waals surface area (Å²) in [7, 11) is 2.90. The Balaban J connectivity index is 2.56. The third-order valence-electron chi connectivity index (χ3n) is 2.95. The SMILES string of the molecule is COc1ccc(/C=c2\s/c(=C\C#N)n(C)c2=O)cc1OC(F)F. The maximum absolute atomic E-state index is 12.4. The van der Waals surface area contributed by atoms with Crippen molar-refractivity contribution in [3.05, 3.63) is 43.3 Å². The Hall–Kier alpha value is -2.66. The second kappa shape index (κ2) is 7.07. The average molecular weight is 338 g/mol. The fraction of sp³-hybridized carbons (Fsp3) is 0.200. The predicted molar refractivity (Wildman–Crippen MR) is 82.1 cm³/mol. The Morgan fingerprint density at radius 2 is 2.13 bits per heavy atom. The molecule has 5 nitrogen and oxygen atoms in total. The first kappa shape index (κ1) is 16.7. The largest absolute Gasteiger partial charge is 0.493 e. The summed E-state index contributed by atoms with van der Waals surface area (Å²) < 4.78 is 36.4. The van der Waals surface area contributed by atoms with Gasteiger partial charge in [-0.1, -0.05) is 6.07 Å². The zero-order chi connectivity index (χ0) is 17.0. The van der Waals surface area contributed by atoms with E-state index in [2.05, 4.69) is 4.74 Å².